The van der Waals surface area contributed by atoms with Crippen LogP contribution in [0.15, 0.2) is 36.4 Å². The highest BCUT2D eigenvalue weighted by Gasteiger charge is 2.03. The van der Waals surface area contributed by atoms with Crippen LogP contribution in [0.3, 0.4) is 0 Å². The van der Waals surface area contributed by atoms with Crippen LogP contribution in [0.4, 0.5) is 0 Å². The van der Waals surface area contributed by atoms with Crippen molar-refractivity contribution in [2.75, 3.05) is 6.61 Å². The molecule has 0 aliphatic rings. The van der Waals surface area contributed by atoms with Crippen LogP contribution in [0.25, 0.3) is 0 Å². The second-order valence-electron chi connectivity index (χ2n) is 3.42. The predicted octanol–water partition coefficient (Wildman–Crippen LogP) is 3.25. The number of allylic oxidation sites excluding steroid dienone is 1. The molecule has 2 nitrogen and oxygen atoms in total. The largest absolute Gasteiger partial charge is 0.486 e. The van der Waals surface area contributed by atoms with Crippen molar-refractivity contribution in [2.24, 2.45) is 0 Å². The highest BCUT2D eigenvalue weighted by Crippen LogP contribution is 2.15. The molecule has 0 saturated carbocycles. The lowest BCUT2D eigenvalue weighted by Crippen LogP contribution is -2.11. The molecule has 0 unspecified atom stereocenters. The lowest BCUT2D eigenvalue weighted by molar-refractivity contribution is -0.120. The number of carbonyl (C=O) groups excluding carboxylic acids is 1. The molecule has 0 atom stereocenters. The molecule has 0 N–H and O–H groups in total. The van der Waals surface area contributed by atoms with E-state index in [0.29, 0.717) is 17.2 Å². The minimum absolute atomic E-state index is 0.0254. The van der Waals surface area contributed by atoms with Crippen molar-refractivity contribution in [3.8, 4) is 5.75 Å². The van der Waals surface area contributed by atoms with Gasteiger partial charge in [0.05, 0.1) is 0 Å². The van der Waals surface area contributed by atoms with E-state index >= 15 is 0 Å². The molecule has 0 fully saturated rings. The molecule has 1 aromatic carbocycles. The fourth-order valence-corrected chi connectivity index (χ4v) is 1.21. The van der Waals surface area contributed by atoms with Gasteiger partial charge in [-0.05, 0) is 31.2 Å². The standard InChI is InChI=1S/C12H13ClO2/c1-9(2)7-11(14)8-15-12-5-3-10(13)4-6-12/h3-6H,1,7-8H2,2H3. The normalized spacial score (nSPS) is 9.73. The van der Waals surface area contributed by atoms with Crippen molar-refractivity contribution >= 4 is 17.4 Å². The summed E-state index contributed by atoms with van der Waals surface area (Å²) in [5.41, 5.74) is 0.847. The first kappa shape index (κ1) is 11.8. The van der Waals surface area contributed by atoms with Crippen LogP contribution < -0.4 is 4.74 Å². The summed E-state index contributed by atoms with van der Waals surface area (Å²) in [7, 11) is 0. The summed E-state index contributed by atoms with van der Waals surface area (Å²) in [5.74, 6) is 0.673. The van der Waals surface area contributed by atoms with Gasteiger partial charge in [0.15, 0.2) is 5.78 Å². The van der Waals surface area contributed by atoms with E-state index in [-0.39, 0.29) is 12.4 Å². The predicted molar refractivity (Wildman–Crippen MR) is 61.4 cm³/mol. The average molecular weight is 225 g/mol. The molecule has 1 rings (SSSR count). The highest BCUT2D eigenvalue weighted by atomic mass is 35.5. The Kier molecular flexibility index (Phi) is 4.37. The minimum Gasteiger partial charge on any atom is -0.486 e. The molecule has 80 valence electrons. The van der Waals surface area contributed by atoms with Crippen molar-refractivity contribution in [3.63, 3.8) is 0 Å². The Labute approximate surface area is 94.5 Å². The van der Waals surface area contributed by atoms with Crippen molar-refractivity contribution in [3.05, 3.63) is 41.4 Å². The number of hydrogen-bond acceptors (Lipinski definition) is 2. The van der Waals surface area contributed by atoms with Gasteiger partial charge in [-0.1, -0.05) is 23.8 Å². The zero-order valence-electron chi connectivity index (χ0n) is 8.63. The maximum absolute atomic E-state index is 11.3. The van der Waals surface area contributed by atoms with Crippen LogP contribution in [-0.2, 0) is 4.79 Å². The topological polar surface area (TPSA) is 26.3 Å². The van der Waals surface area contributed by atoms with Gasteiger partial charge >= 0.3 is 0 Å². The number of benzene rings is 1. The Morgan fingerprint density at radius 3 is 2.53 bits per heavy atom. The van der Waals surface area contributed by atoms with Gasteiger partial charge < -0.3 is 4.74 Å². The third kappa shape index (κ3) is 4.66. The number of ketones is 1. The number of halogens is 1. The Morgan fingerprint density at radius 1 is 1.40 bits per heavy atom. The van der Waals surface area contributed by atoms with Crippen LogP contribution in [0, 0.1) is 0 Å². The summed E-state index contributed by atoms with van der Waals surface area (Å²) in [6, 6.07) is 6.91. The SMILES string of the molecule is C=C(C)CC(=O)COc1ccc(Cl)cc1. The van der Waals surface area contributed by atoms with E-state index in [1.807, 2.05) is 6.92 Å². The van der Waals surface area contributed by atoms with Crippen LogP contribution >= 0.6 is 11.6 Å². The Morgan fingerprint density at radius 2 is 2.00 bits per heavy atom. The lowest BCUT2D eigenvalue weighted by atomic mass is 10.2. The maximum atomic E-state index is 11.3. The van der Waals surface area contributed by atoms with E-state index in [1.54, 1.807) is 24.3 Å². The number of Topliss-reactive ketones (excluding diaryl/α,β-unsaturated/α-hetero) is 1. The first-order valence-electron chi connectivity index (χ1n) is 4.62. The average Bonchev–Trinajstić information content (AvgIpc) is 2.16. The molecule has 0 aromatic heterocycles. The molecule has 0 aliphatic carbocycles. The molecule has 0 bridgehead atoms. The van der Waals surface area contributed by atoms with Gasteiger partial charge in [0.1, 0.15) is 12.4 Å². The quantitative estimate of drug-likeness (QED) is 0.718. The molecule has 0 amide bonds. The van der Waals surface area contributed by atoms with Crippen molar-refractivity contribution in [2.45, 2.75) is 13.3 Å². The summed E-state index contributed by atoms with van der Waals surface area (Å²) in [5, 5.41) is 0.649. The molecule has 15 heavy (non-hydrogen) atoms. The van der Waals surface area contributed by atoms with Crippen molar-refractivity contribution in [1.29, 1.82) is 0 Å². The monoisotopic (exact) mass is 224 g/mol. The van der Waals surface area contributed by atoms with Gasteiger partial charge in [-0.2, -0.15) is 0 Å². The number of ether oxygens (including phenoxy) is 1. The smallest absolute Gasteiger partial charge is 0.174 e. The second kappa shape index (κ2) is 5.56. The van der Waals surface area contributed by atoms with Crippen molar-refractivity contribution in [1.82, 2.24) is 0 Å². The molecule has 3 heteroatoms. The van der Waals surface area contributed by atoms with Gasteiger partial charge in [0.2, 0.25) is 0 Å². The minimum atomic E-state index is 0.0254. The van der Waals surface area contributed by atoms with Gasteiger partial charge in [-0.25, -0.2) is 0 Å². The van der Waals surface area contributed by atoms with Crippen LogP contribution in [0.2, 0.25) is 5.02 Å². The lowest BCUT2D eigenvalue weighted by Gasteiger charge is -2.05. The van der Waals surface area contributed by atoms with Crippen LogP contribution in [0.1, 0.15) is 13.3 Å². The van der Waals surface area contributed by atoms with E-state index in [4.69, 9.17) is 16.3 Å². The molecular formula is C12H13ClO2. The number of carbonyl (C=O) groups is 1. The highest BCUT2D eigenvalue weighted by molar-refractivity contribution is 6.30. The molecule has 0 heterocycles. The molecule has 0 radical (unpaired) electrons. The first-order chi connectivity index (χ1) is 7.08. The zero-order valence-corrected chi connectivity index (χ0v) is 9.38. The van der Waals surface area contributed by atoms with Crippen LogP contribution in [0.5, 0.6) is 5.75 Å². The van der Waals surface area contributed by atoms with E-state index in [2.05, 4.69) is 6.58 Å². The Hall–Kier alpha value is -1.28. The van der Waals surface area contributed by atoms with Gasteiger partial charge in [-0.3, -0.25) is 4.79 Å². The molecule has 0 spiro atoms. The summed E-state index contributed by atoms with van der Waals surface area (Å²) in [6.07, 6.45) is 0.369. The number of hydrogen-bond donors (Lipinski definition) is 0. The number of rotatable bonds is 5. The fourth-order valence-electron chi connectivity index (χ4n) is 1.08. The molecular weight excluding hydrogens is 212 g/mol. The van der Waals surface area contributed by atoms with E-state index in [9.17, 15) is 4.79 Å². The van der Waals surface area contributed by atoms with Gasteiger partial charge in [0, 0.05) is 11.4 Å². The maximum Gasteiger partial charge on any atom is 0.174 e. The summed E-state index contributed by atoms with van der Waals surface area (Å²) in [6.45, 7) is 5.57. The van der Waals surface area contributed by atoms with Gasteiger partial charge in [0.25, 0.3) is 0 Å². The van der Waals surface area contributed by atoms with E-state index in [1.165, 1.54) is 0 Å². The third-order valence-corrected chi connectivity index (χ3v) is 1.96. The van der Waals surface area contributed by atoms with Gasteiger partial charge in [-0.15, -0.1) is 0 Å². The summed E-state index contributed by atoms with van der Waals surface area (Å²) >= 11 is 5.71. The van der Waals surface area contributed by atoms with Crippen molar-refractivity contribution < 1.29 is 9.53 Å². The summed E-state index contributed by atoms with van der Waals surface area (Å²) < 4.78 is 5.27. The Balaban J connectivity index is 2.40. The molecule has 0 saturated heterocycles. The molecule has 1 aromatic rings. The molecule has 0 aliphatic heterocycles. The zero-order chi connectivity index (χ0) is 11.3. The van der Waals surface area contributed by atoms with E-state index < -0.39 is 0 Å². The van der Waals surface area contributed by atoms with Crippen LogP contribution in [-0.4, -0.2) is 12.4 Å². The second-order valence-corrected chi connectivity index (χ2v) is 3.85. The fraction of sp³-hybridized carbons (Fsp3) is 0.250. The third-order valence-electron chi connectivity index (χ3n) is 1.71. The Bertz CT molecular complexity index is 354. The van der Waals surface area contributed by atoms with E-state index in [0.717, 1.165) is 5.57 Å². The summed E-state index contributed by atoms with van der Waals surface area (Å²) in [4.78, 5) is 11.3. The first-order valence-corrected chi connectivity index (χ1v) is 5.00.